The molecular weight excluding hydrogens is 437 g/mol. The van der Waals surface area contributed by atoms with Crippen LogP contribution in [0.4, 0.5) is 4.39 Å². The van der Waals surface area contributed by atoms with Gasteiger partial charge in [0, 0.05) is 11.6 Å². The Morgan fingerprint density at radius 1 is 1.24 bits per heavy atom. The van der Waals surface area contributed by atoms with Gasteiger partial charge < -0.3 is 19.5 Å². The molecule has 1 spiro atoms. The van der Waals surface area contributed by atoms with Gasteiger partial charge in [-0.2, -0.15) is 5.26 Å². The van der Waals surface area contributed by atoms with Crippen LogP contribution in [0.5, 0.6) is 0 Å². The predicted molar refractivity (Wildman–Crippen MR) is 107 cm³/mol. The molecule has 2 atom stereocenters. The maximum absolute atomic E-state index is 14.3. The normalized spacial score (nSPS) is 35.4. The third-order valence-electron chi connectivity index (χ3n) is 7.26. The highest BCUT2D eigenvalue weighted by Crippen LogP contribution is 2.53. The van der Waals surface area contributed by atoms with Crippen LogP contribution in [0, 0.1) is 16.7 Å². The summed E-state index contributed by atoms with van der Waals surface area (Å²) in [4.78, 5) is 50.7. The van der Waals surface area contributed by atoms with E-state index in [1.54, 1.807) is 6.92 Å². The molecule has 2 heterocycles. The number of carbonyl (C=O) groups excluding carboxylic acids is 4. The summed E-state index contributed by atoms with van der Waals surface area (Å²) in [6.45, 7) is 1.52. The van der Waals surface area contributed by atoms with Crippen molar-refractivity contribution in [1.82, 2.24) is 10.2 Å². The summed E-state index contributed by atoms with van der Waals surface area (Å²) in [5.74, 6) is -5.21. The van der Waals surface area contributed by atoms with E-state index in [4.69, 9.17) is 19.5 Å². The van der Waals surface area contributed by atoms with Crippen LogP contribution >= 0.6 is 0 Å². The molecule has 1 saturated heterocycles. The number of hydrogen-bond acceptors (Lipinski definition) is 9. The summed E-state index contributed by atoms with van der Waals surface area (Å²) < 4.78 is 29.9. The second kappa shape index (κ2) is 8.41. The van der Waals surface area contributed by atoms with Crippen molar-refractivity contribution in [3.8, 4) is 6.07 Å². The van der Waals surface area contributed by atoms with E-state index in [2.05, 4.69) is 5.32 Å². The highest BCUT2D eigenvalue weighted by atomic mass is 19.1. The van der Waals surface area contributed by atoms with Crippen molar-refractivity contribution in [1.29, 1.82) is 5.26 Å². The number of alkyl halides is 1. The largest absolute Gasteiger partial charge is 0.466 e. The molecule has 5 rings (SSSR count). The molecule has 11 heteroatoms. The fraction of sp³-hybridized carbons (Fsp3) is 0.682. The average molecular weight is 463 g/mol. The predicted octanol–water partition coefficient (Wildman–Crippen LogP) is 1.01. The van der Waals surface area contributed by atoms with E-state index in [-0.39, 0.29) is 18.1 Å². The van der Waals surface area contributed by atoms with Crippen molar-refractivity contribution >= 4 is 23.8 Å². The van der Waals surface area contributed by atoms with E-state index in [1.165, 1.54) is 6.07 Å². The lowest BCUT2D eigenvalue weighted by Gasteiger charge is -2.52. The Kier molecular flexibility index (Phi) is 5.90. The lowest BCUT2D eigenvalue weighted by molar-refractivity contribution is -0.264. The summed E-state index contributed by atoms with van der Waals surface area (Å²) in [6, 6.07) is 1.53. The van der Waals surface area contributed by atoms with Gasteiger partial charge in [-0.1, -0.05) is 0 Å². The van der Waals surface area contributed by atoms with Gasteiger partial charge in [-0.3, -0.25) is 14.5 Å². The van der Waals surface area contributed by atoms with E-state index in [0.717, 1.165) is 4.90 Å². The van der Waals surface area contributed by atoms with Gasteiger partial charge in [-0.15, -0.1) is 0 Å². The number of nitrogens with zero attached hydrogens (tertiary/aromatic N) is 2. The highest BCUT2D eigenvalue weighted by molar-refractivity contribution is 6.01. The van der Waals surface area contributed by atoms with Crippen LogP contribution < -0.4 is 5.32 Å². The Bertz CT molecular complexity index is 934. The Hall–Kier alpha value is -3.00. The van der Waals surface area contributed by atoms with Gasteiger partial charge in [0.25, 0.3) is 0 Å². The number of halogens is 1. The first kappa shape index (κ1) is 23.2. The minimum Gasteiger partial charge on any atom is -0.466 e. The third-order valence-corrected chi connectivity index (χ3v) is 7.26. The van der Waals surface area contributed by atoms with Crippen LogP contribution in [0.1, 0.15) is 51.9 Å². The molecular formula is C22H26FN3O7. The molecule has 1 N–H and O–H groups in total. The van der Waals surface area contributed by atoms with Crippen LogP contribution in [0.25, 0.3) is 0 Å². The Labute approximate surface area is 190 Å². The zero-order valence-electron chi connectivity index (χ0n) is 18.4. The van der Waals surface area contributed by atoms with Crippen molar-refractivity contribution in [3.05, 3.63) is 11.6 Å². The summed E-state index contributed by atoms with van der Waals surface area (Å²) >= 11 is 0. The van der Waals surface area contributed by atoms with Crippen LogP contribution in [0.15, 0.2) is 11.6 Å². The monoisotopic (exact) mass is 463 g/mol. The van der Waals surface area contributed by atoms with E-state index < -0.39 is 53.9 Å². The molecule has 10 nitrogen and oxygen atoms in total. The minimum atomic E-state index is -2.22. The third kappa shape index (κ3) is 4.08. The first-order valence-electron chi connectivity index (χ1n) is 11.1. The van der Waals surface area contributed by atoms with Crippen molar-refractivity contribution in [2.24, 2.45) is 5.41 Å². The van der Waals surface area contributed by atoms with Crippen LogP contribution in [0.2, 0.25) is 0 Å². The molecule has 0 aromatic carbocycles. The molecule has 5 aliphatic rings. The molecule has 178 valence electrons. The van der Waals surface area contributed by atoms with Crippen molar-refractivity contribution < 1.29 is 37.8 Å². The molecule has 1 amide bonds. The number of amides is 1. The maximum Gasteiger partial charge on any atom is 0.353 e. The average Bonchev–Trinajstić information content (AvgIpc) is 3.05. The number of nitriles is 1. The van der Waals surface area contributed by atoms with Crippen molar-refractivity contribution in [2.45, 2.75) is 69.5 Å². The van der Waals surface area contributed by atoms with Gasteiger partial charge in [-0.25, -0.2) is 14.0 Å². The molecule has 2 bridgehead atoms. The van der Waals surface area contributed by atoms with E-state index in [0.29, 0.717) is 51.2 Å². The molecule has 0 aromatic rings. The standard InChI is InChI=1S/C22H26FN3O7/c1-2-31-19(30)20-3-6-21(7-4-20,8-5-20)25-12-16(27)26-13-15(23)10-22(26)32-17(28)9-14(11-24)18(29)33-22/h9,15,25H,2-8,10,12-13H2,1H3/t15-,20?,21?,22-/m0/s1. The number of ether oxygens (including phenoxy) is 3. The maximum atomic E-state index is 14.3. The van der Waals surface area contributed by atoms with Gasteiger partial charge >= 0.3 is 23.8 Å². The zero-order valence-corrected chi connectivity index (χ0v) is 18.4. The number of fused-ring (bicyclic) bond motifs is 3. The second-order valence-corrected chi connectivity index (χ2v) is 9.13. The summed E-state index contributed by atoms with van der Waals surface area (Å²) in [5.41, 5.74) is -1.38. The number of nitrogens with one attached hydrogen (secondary N) is 1. The number of likely N-dealkylation sites (tertiary alicyclic amines) is 1. The quantitative estimate of drug-likeness (QED) is 0.593. The fourth-order valence-electron chi connectivity index (χ4n) is 5.34. The van der Waals surface area contributed by atoms with E-state index in [9.17, 15) is 23.6 Å². The number of carbonyl (C=O) groups is 4. The summed E-state index contributed by atoms with van der Waals surface area (Å²) in [5, 5.41) is 12.3. The fourth-order valence-corrected chi connectivity index (χ4v) is 5.34. The lowest BCUT2D eigenvalue weighted by atomic mass is 9.57. The molecule has 0 radical (unpaired) electrons. The number of esters is 3. The highest BCUT2D eigenvalue weighted by Gasteiger charge is 2.57. The summed E-state index contributed by atoms with van der Waals surface area (Å²) in [7, 11) is 0. The van der Waals surface area contributed by atoms with Gasteiger partial charge in [-0.05, 0) is 45.4 Å². The molecule has 4 fully saturated rings. The van der Waals surface area contributed by atoms with Gasteiger partial charge in [0.2, 0.25) is 5.91 Å². The van der Waals surface area contributed by atoms with Crippen LogP contribution in [-0.2, 0) is 33.4 Å². The zero-order chi connectivity index (χ0) is 23.9. The molecule has 0 aromatic heterocycles. The molecule has 3 aliphatic carbocycles. The molecule has 0 unspecified atom stereocenters. The molecule has 33 heavy (non-hydrogen) atoms. The number of rotatable bonds is 5. The SMILES string of the molecule is CCOC(=O)C12CCC(NCC(=O)N3C[C@@H](F)C[C@@]34OC(=O)C=C(C#N)C(=O)O4)(CC1)CC2. The van der Waals surface area contributed by atoms with Gasteiger partial charge in [0.05, 0.1) is 31.5 Å². The van der Waals surface area contributed by atoms with Gasteiger partial charge in [0.15, 0.2) is 0 Å². The number of hydrogen-bond donors (Lipinski definition) is 1. The van der Waals surface area contributed by atoms with Crippen LogP contribution in [-0.4, -0.2) is 66.0 Å². The second-order valence-electron chi connectivity index (χ2n) is 9.13. The summed E-state index contributed by atoms with van der Waals surface area (Å²) in [6.07, 6.45) is 2.60. The lowest BCUT2D eigenvalue weighted by Crippen LogP contribution is -2.60. The van der Waals surface area contributed by atoms with Crippen LogP contribution in [0.3, 0.4) is 0 Å². The Morgan fingerprint density at radius 2 is 1.91 bits per heavy atom. The van der Waals surface area contributed by atoms with Crippen molar-refractivity contribution in [2.75, 3.05) is 19.7 Å². The molecule has 3 saturated carbocycles. The first-order chi connectivity index (χ1) is 15.7. The minimum absolute atomic E-state index is 0.162. The van der Waals surface area contributed by atoms with Gasteiger partial charge in [0.1, 0.15) is 17.8 Å². The first-order valence-corrected chi connectivity index (χ1v) is 11.1. The smallest absolute Gasteiger partial charge is 0.353 e. The topological polar surface area (TPSA) is 135 Å². The van der Waals surface area contributed by atoms with E-state index in [1.807, 2.05) is 0 Å². The Balaban J connectivity index is 1.43. The Morgan fingerprint density at radius 3 is 2.52 bits per heavy atom. The van der Waals surface area contributed by atoms with E-state index >= 15 is 0 Å². The van der Waals surface area contributed by atoms with Crippen molar-refractivity contribution in [3.63, 3.8) is 0 Å². The molecule has 2 aliphatic heterocycles.